The summed E-state index contributed by atoms with van der Waals surface area (Å²) in [6, 6.07) is 0. The number of alkyl carbamates (subject to hydrolysis) is 1. The maximum atomic E-state index is 11.6. The van der Waals surface area contributed by atoms with E-state index in [0.29, 0.717) is 12.5 Å². The zero-order chi connectivity index (χ0) is 12.5. The third-order valence-corrected chi connectivity index (χ3v) is 3.35. The molecule has 2 rings (SSSR count). The number of nitrogens with one attached hydrogen (secondary N) is 2. The molecule has 2 heterocycles. The van der Waals surface area contributed by atoms with Crippen LogP contribution in [0.1, 0.15) is 27.2 Å². The summed E-state index contributed by atoms with van der Waals surface area (Å²) in [5.74, 6) is 0.512. The molecule has 2 atom stereocenters. The van der Waals surface area contributed by atoms with Gasteiger partial charge in [0.2, 0.25) is 0 Å². The third kappa shape index (κ3) is 3.49. The minimum absolute atomic E-state index is 0. The number of fused-ring (bicyclic) bond motifs is 1. The van der Waals surface area contributed by atoms with Crippen molar-refractivity contribution in [3.63, 3.8) is 0 Å². The van der Waals surface area contributed by atoms with Crippen LogP contribution in [0.4, 0.5) is 4.79 Å². The lowest BCUT2D eigenvalue weighted by atomic mass is 9.91. The maximum Gasteiger partial charge on any atom is 0.407 e. The highest BCUT2D eigenvalue weighted by Crippen LogP contribution is 2.34. The molecule has 2 aliphatic heterocycles. The molecule has 0 aromatic heterocycles. The van der Waals surface area contributed by atoms with Crippen molar-refractivity contribution in [3.8, 4) is 0 Å². The summed E-state index contributed by atoms with van der Waals surface area (Å²) in [6.07, 6.45) is 0.705. The average molecular weight is 279 g/mol. The zero-order valence-electron chi connectivity index (χ0n) is 11.2. The SMILES string of the molecule is CC(C)(C)OC(=O)NC[C@]12CNC[C@H]1CCO2.Cl. The molecule has 2 aliphatic rings. The summed E-state index contributed by atoms with van der Waals surface area (Å²) in [6.45, 7) is 8.69. The van der Waals surface area contributed by atoms with Gasteiger partial charge in [-0.2, -0.15) is 0 Å². The zero-order valence-corrected chi connectivity index (χ0v) is 12.1. The van der Waals surface area contributed by atoms with Gasteiger partial charge in [-0.25, -0.2) is 4.79 Å². The lowest BCUT2D eigenvalue weighted by molar-refractivity contribution is -0.00147. The largest absolute Gasteiger partial charge is 0.444 e. The molecule has 0 radical (unpaired) electrons. The van der Waals surface area contributed by atoms with Crippen molar-refractivity contribution < 1.29 is 14.3 Å². The number of amides is 1. The Labute approximate surface area is 114 Å². The Balaban J connectivity index is 0.00000162. The number of carbonyl (C=O) groups excluding carboxylic acids is 1. The van der Waals surface area contributed by atoms with Crippen LogP contribution in [0.25, 0.3) is 0 Å². The van der Waals surface area contributed by atoms with Crippen molar-refractivity contribution in [1.82, 2.24) is 10.6 Å². The fraction of sp³-hybridized carbons (Fsp3) is 0.917. The predicted octanol–water partition coefficient (Wildman–Crippen LogP) is 1.31. The molecule has 0 aliphatic carbocycles. The quantitative estimate of drug-likeness (QED) is 0.800. The van der Waals surface area contributed by atoms with Gasteiger partial charge in [0, 0.05) is 25.6 Å². The Hall–Kier alpha value is -0.520. The van der Waals surface area contributed by atoms with E-state index in [1.165, 1.54) is 0 Å². The molecule has 2 N–H and O–H groups in total. The Morgan fingerprint density at radius 2 is 2.28 bits per heavy atom. The Morgan fingerprint density at radius 3 is 2.94 bits per heavy atom. The van der Waals surface area contributed by atoms with Gasteiger partial charge in [0.15, 0.2) is 0 Å². The molecule has 0 aromatic rings. The normalized spacial score (nSPS) is 30.5. The molecule has 0 unspecified atom stereocenters. The highest BCUT2D eigenvalue weighted by molar-refractivity contribution is 5.85. The molecule has 18 heavy (non-hydrogen) atoms. The van der Waals surface area contributed by atoms with E-state index in [4.69, 9.17) is 9.47 Å². The van der Waals surface area contributed by atoms with Crippen molar-refractivity contribution in [2.75, 3.05) is 26.2 Å². The van der Waals surface area contributed by atoms with Crippen LogP contribution in [-0.2, 0) is 9.47 Å². The fourth-order valence-electron chi connectivity index (χ4n) is 2.52. The molecular weight excluding hydrogens is 256 g/mol. The first kappa shape index (κ1) is 15.5. The van der Waals surface area contributed by atoms with Gasteiger partial charge in [-0.05, 0) is 27.2 Å². The standard InChI is InChI=1S/C12H22N2O3.ClH/c1-11(2,3)17-10(15)14-8-12-7-13-6-9(12)4-5-16-12;/h9,13H,4-8H2,1-3H3,(H,14,15);1H/t9-,12-;/m1./s1. The van der Waals surface area contributed by atoms with Crippen molar-refractivity contribution in [3.05, 3.63) is 0 Å². The van der Waals surface area contributed by atoms with Crippen LogP contribution in [0.3, 0.4) is 0 Å². The van der Waals surface area contributed by atoms with Crippen LogP contribution < -0.4 is 10.6 Å². The van der Waals surface area contributed by atoms with E-state index in [-0.39, 0.29) is 24.1 Å². The first-order chi connectivity index (χ1) is 7.91. The molecule has 106 valence electrons. The van der Waals surface area contributed by atoms with E-state index in [1.54, 1.807) is 0 Å². The van der Waals surface area contributed by atoms with Crippen molar-refractivity contribution in [2.45, 2.75) is 38.4 Å². The number of ether oxygens (including phenoxy) is 2. The summed E-state index contributed by atoms with van der Waals surface area (Å²) in [5, 5.41) is 6.14. The monoisotopic (exact) mass is 278 g/mol. The van der Waals surface area contributed by atoms with Gasteiger partial charge in [0.25, 0.3) is 0 Å². The van der Waals surface area contributed by atoms with Gasteiger partial charge < -0.3 is 20.1 Å². The van der Waals surface area contributed by atoms with E-state index in [0.717, 1.165) is 26.1 Å². The highest BCUT2D eigenvalue weighted by atomic mass is 35.5. The molecule has 0 aromatic carbocycles. The topological polar surface area (TPSA) is 59.6 Å². The first-order valence-corrected chi connectivity index (χ1v) is 6.23. The first-order valence-electron chi connectivity index (χ1n) is 6.23. The minimum Gasteiger partial charge on any atom is -0.444 e. The van der Waals surface area contributed by atoms with Crippen LogP contribution in [0.15, 0.2) is 0 Å². The van der Waals surface area contributed by atoms with Crippen LogP contribution in [0.5, 0.6) is 0 Å². The molecule has 0 spiro atoms. The Bertz CT molecular complexity index is 294. The van der Waals surface area contributed by atoms with Crippen molar-refractivity contribution in [2.24, 2.45) is 5.92 Å². The van der Waals surface area contributed by atoms with Gasteiger partial charge >= 0.3 is 6.09 Å². The number of rotatable bonds is 2. The van der Waals surface area contributed by atoms with Gasteiger partial charge in [-0.3, -0.25) is 0 Å². The number of hydrogen-bond acceptors (Lipinski definition) is 4. The van der Waals surface area contributed by atoms with E-state index in [1.807, 2.05) is 20.8 Å². The second-order valence-corrected chi connectivity index (χ2v) is 5.89. The van der Waals surface area contributed by atoms with Crippen LogP contribution in [0.2, 0.25) is 0 Å². The smallest absolute Gasteiger partial charge is 0.407 e. The summed E-state index contributed by atoms with van der Waals surface area (Å²) < 4.78 is 11.0. The summed E-state index contributed by atoms with van der Waals surface area (Å²) in [7, 11) is 0. The van der Waals surface area contributed by atoms with E-state index < -0.39 is 5.60 Å². The Kier molecular flexibility index (Phi) is 4.86. The molecular formula is C12H23ClN2O3. The van der Waals surface area contributed by atoms with Gasteiger partial charge in [0.05, 0.1) is 6.54 Å². The van der Waals surface area contributed by atoms with E-state index in [9.17, 15) is 4.79 Å². The summed E-state index contributed by atoms with van der Waals surface area (Å²) in [5.41, 5.74) is -0.664. The second-order valence-electron chi connectivity index (χ2n) is 5.89. The number of carbonyl (C=O) groups is 1. The lowest BCUT2D eigenvalue weighted by Gasteiger charge is -2.28. The molecule has 0 bridgehead atoms. The Morgan fingerprint density at radius 1 is 1.56 bits per heavy atom. The number of hydrogen-bond donors (Lipinski definition) is 2. The third-order valence-electron chi connectivity index (χ3n) is 3.35. The fourth-order valence-corrected chi connectivity index (χ4v) is 2.52. The van der Waals surface area contributed by atoms with Crippen molar-refractivity contribution >= 4 is 18.5 Å². The average Bonchev–Trinajstić information content (AvgIpc) is 2.69. The summed E-state index contributed by atoms with van der Waals surface area (Å²) >= 11 is 0. The van der Waals surface area contributed by atoms with Gasteiger partial charge in [-0.15, -0.1) is 12.4 Å². The van der Waals surface area contributed by atoms with E-state index in [2.05, 4.69) is 10.6 Å². The highest BCUT2D eigenvalue weighted by Gasteiger charge is 2.47. The maximum absolute atomic E-state index is 11.6. The predicted molar refractivity (Wildman–Crippen MR) is 71.1 cm³/mol. The molecule has 0 saturated carbocycles. The van der Waals surface area contributed by atoms with Crippen LogP contribution in [-0.4, -0.2) is 43.5 Å². The molecule has 2 fully saturated rings. The summed E-state index contributed by atoms with van der Waals surface area (Å²) in [4.78, 5) is 11.6. The molecule has 2 saturated heterocycles. The second kappa shape index (κ2) is 5.63. The molecule has 6 heteroatoms. The van der Waals surface area contributed by atoms with E-state index >= 15 is 0 Å². The van der Waals surface area contributed by atoms with Crippen molar-refractivity contribution in [1.29, 1.82) is 0 Å². The molecule has 1 amide bonds. The van der Waals surface area contributed by atoms with Gasteiger partial charge in [-0.1, -0.05) is 0 Å². The minimum atomic E-state index is -0.453. The van der Waals surface area contributed by atoms with Crippen LogP contribution in [0, 0.1) is 5.92 Å². The van der Waals surface area contributed by atoms with Gasteiger partial charge in [0.1, 0.15) is 11.2 Å². The lowest BCUT2D eigenvalue weighted by Crippen LogP contribution is -2.48. The molecule has 5 nitrogen and oxygen atoms in total. The number of halogens is 1. The van der Waals surface area contributed by atoms with Crippen LogP contribution >= 0.6 is 12.4 Å².